The van der Waals surface area contributed by atoms with Crippen LogP contribution in [0.5, 0.6) is 0 Å². The van der Waals surface area contributed by atoms with Crippen LogP contribution in [0.4, 0.5) is 4.79 Å². The fourth-order valence-electron chi connectivity index (χ4n) is 1.29. The smallest absolute Gasteiger partial charge is 0.434 e. The fraction of sp³-hybridized carbons (Fsp3) is 0.462. The predicted octanol–water partition coefficient (Wildman–Crippen LogP) is 2.29. The van der Waals surface area contributed by atoms with Gasteiger partial charge in [-0.2, -0.15) is 0 Å². The maximum atomic E-state index is 11.2. The summed E-state index contributed by atoms with van der Waals surface area (Å²) in [5, 5.41) is 0. The molecule has 0 fully saturated rings. The van der Waals surface area contributed by atoms with Gasteiger partial charge in [0.15, 0.2) is 0 Å². The molecule has 0 saturated carbocycles. The number of nitrogens with zero attached hydrogens (tertiary/aromatic N) is 1. The number of hydrogen-bond donors (Lipinski definition) is 0. The van der Waals surface area contributed by atoms with Crippen molar-refractivity contribution in [2.45, 2.75) is 13.0 Å². The number of hydrogen-bond acceptors (Lipinski definition) is 4. The van der Waals surface area contributed by atoms with Crippen LogP contribution in [-0.2, 0) is 16.1 Å². The minimum atomic E-state index is -0.604. The quantitative estimate of drug-likeness (QED) is 0.562. The second-order valence-electron chi connectivity index (χ2n) is 4.03. The first-order chi connectivity index (χ1) is 8.18. The number of rotatable bonds is 6. The first-order valence-corrected chi connectivity index (χ1v) is 5.66. The van der Waals surface area contributed by atoms with Gasteiger partial charge < -0.3 is 14.4 Å². The summed E-state index contributed by atoms with van der Waals surface area (Å²) in [5.41, 5.74) is 0.956. The Balaban J connectivity index is 2.09. The maximum absolute atomic E-state index is 11.2. The zero-order valence-electron chi connectivity index (χ0n) is 10.4. The van der Waals surface area contributed by atoms with Gasteiger partial charge in [-0.1, -0.05) is 30.3 Å². The second-order valence-corrected chi connectivity index (χ2v) is 4.03. The first-order valence-electron chi connectivity index (χ1n) is 5.66. The van der Waals surface area contributed by atoms with E-state index < -0.39 is 6.16 Å². The van der Waals surface area contributed by atoms with E-state index in [-0.39, 0.29) is 6.61 Å². The van der Waals surface area contributed by atoms with E-state index in [0.29, 0.717) is 6.61 Å². The number of benzene rings is 1. The van der Waals surface area contributed by atoms with E-state index in [4.69, 9.17) is 9.47 Å². The lowest BCUT2D eigenvalue weighted by Crippen LogP contribution is -2.16. The van der Waals surface area contributed by atoms with E-state index in [1.165, 1.54) is 0 Å². The van der Waals surface area contributed by atoms with Crippen LogP contribution in [0.2, 0.25) is 0 Å². The Morgan fingerprint density at radius 3 is 2.53 bits per heavy atom. The van der Waals surface area contributed by atoms with Gasteiger partial charge in [0.05, 0.1) is 6.61 Å². The van der Waals surface area contributed by atoms with Gasteiger partial charge in [0.2, 0.25) is 0 Å². The zero-order chi connectivity index (χ0) is 12.5. The number of carbonyl (C=O) groups excluding carboxylic acids is 1. The first kappa shape index (κ1) is 13.5. The van der Waals surface area contributed by atoms with Crippen LogP contribution in [0, 0.1) is 0 Å². The normalized spacial score (nSPS) is 10.3. The molecule has 1 aromatic carbocycles. The number of ether oxygens (including phenoxy) is 2. The van der Waals surface area contributed by atoms with Crippen molar-refractivity contribution in [1.29, 1.82) is 0 Å². The molecule has 0 atom stereocenters. The Morgan fingerprint density at radius 2 is 1.88 bits per heavy atom. The highest BCUT2D eigenvalue weighted by molar-refractivity contribution is 5.59. The van der Waals surface area contributed by atoms with Gasteiger partial charge in [0.25, 0.3) is 0 Å². The van der Waals surface area contributed by atoms with E-state index >= 15 is 0 Å². The molecule has 4 nitrogen and oxygen atoms in total. The van der Waals surface area contributed by atoms with Gasteiger partial charge in [-0.25, -0.2) is 4.79 Å². The molecule has 0 bridgehead atoms. The third-order valence-electron chi connectivity index (χ3n) is 2.17. The molecule has 17 heavy (non-hydrogen) atoms. The van der Waals surface area contributed by atoms with Gasteiger partial charge in [-0.3, -0.25) is 0 Å². The van der Waals surface area contributed by atoms with Gasteiger partial charge in [-0.05, 0) is 26.1 Å². The third kappa shape index (κ3) is 6.58. The van der Waals surface area contributed by atoms with E-state index in [1.807, 2.05) is 49.3 Å². The average molecular weight is 237 g/mol. The van der Waals surface area contributed by atoms with Crippen LogP contribution in [0.3, 0.4) is 0 Å². The van der Waals surface area contributed by atoms with Gasteiger partial charge >= 0.3 is 6.16 Å². The standard InChI is InChI=1S/C13H19NO3/c1-14(2)9-6-10-16-13(15)17-11-12-7-4-3-5-8-12/h3-5,7-8H,6,9-11H2,1-2H3. The Morgan fingerprint density at radius 1 is 1.18 bits per heavy atom. The summed E-state index contributed by atoms with van der Waals surface area (Å²) < 4.78 is 9.89. The van der Waals surface area contributed by atoms with E-state index in [2.05, 4.69) is 0 Å². The summed E-state index contributed by atoms with van der Waals surface area (Å²) in [7, 11) is 3.96. The van der Waals surface area contributed by atoms with E-state index in [1.54, 1.807) is 0 Å². The van der Waals surface area contributed by atoms with Gasteiger partial charge in [-0.15, -0.1) is 0 Å². The molecule has 0 N–H and O–H groups in total. The van der Waals surface area contributed by atoms with Crippen molar-refractivity contribution < 1.29 is 14.3 Å². The molecule has 0 heterocycles. The van der Waals surface area contributed by atoms with Crippen molar-refractivity contribution in [2.24, 2.45) is 0 Å². The van der Waals surface area contributed by atoms with Crippen LogP contribution in [-0.4, -0.2) is 38.3 Å². The molecule has 0 amide bonds. The van der Waals surface area contributed by atoms with Crippen molar-refractivity contribution in [2.75, 3.05) is 27.2 Å². The third-order valence-corrected chi connectivity index (χ3v) is 2.17. The molecule has 0 aliphatic carbocycles. The lowest BCUT2D eigenvalue weighted by atomic mass is 10.2. The topological polar surface area (TPSA) is 38.8 Å². The molecule has 0 unspecified atom stereocenters. The van der Waals surface area contributed by atoms with Crippen LogP contribution in [0.1, 0.15) is 12.0 Å². The lowest BCUT2D eigenvalue weighted by molar-refractivity contribution is 0.0480. The molecule has 0 aromatic heterocycles. The molecule has 4 heteroatoms. The van der Waals surface area contributed by atoms with Crippen molar-refractivity contribution in [3.63, 3.8) is 0 Å². The second kappa shape index (κ2) is 7.68. The zero-order valence-corrected chi connectivity index (χ0v) is 10.4. The van der Waals surface area contributed by atoms with Crippen molar-refractivity contribution in [3.8, 4) is 0 Å². The van der Waals surface area contributed by atoms with Crippen LogP contribution in [0.15, 0.2) is 30.3 Å². The summed E-state index contributed by atoms with van der Waals surface area (Å²) >= 11 is 0. The minimum absolute atomic E-state index is 0.257. The molecule has 0 aliphatic heterocycles. The molecule has 1 rings (SSSR count). The summed E-state index contributed by atoms with van der Waals surface area (Å²) in [6.45, 7) is 1.55. The fourth-order valence-corrected chi connectivity index (χ4v) is 1.29. The summed E-state index contributed by atoms with van der Waals surface area (Å²) in [6.07, 6.45) is 0.209. The summed E-state index contributed by atoms with van der Waals surface area (Å²) in [4.78, 5) is 13.2. The Labute approximate surface area is 102 Å². The SMILES string of the molecule is CN(C)CCCOC(=O)OCc1ccccc1. The molecule has 0 radical (unpaired) electrons. The summed E-state index contributed by atoms with van der Waals surface area (Å²) in [6, 6.07) is 9.53. The molecule has 1 aromatic rings. The molecule has 0 saturated heterocycles. The highest BCUT2D eigenvalue weighted by Gasteiger charge is 2.03. The Bertz CT molecular complexity index is 325. The molecular formula is C13H19NO3. The van der Waals surface area contributed by atoms with E-state index in [9.17, 15) is 4.79 Å². The molecule has 0 aliphatic rings. The lowest BCUT2D eigenvalue weighted by Gasteiger charge is -2.09. The Hall–Kier alpha value is -1.55. The Kier molecular flexibility index (Phi) is 6.10. The molecule has 94 valence electrons. The monoisotopic (exact) mass is 237 g/mol. The summed E-state index contributed by atoms with van der Waals surface area (Å²) in [5.74, 6) is 0. The average Bonchev–Trinajstić information content (AvgIpc) is 2.33. The largest absolute Gasteiger partial charge is 0.508 e. The van der Waals surface area contributed by atoms with Crippen LogP contribution in [0.25, 0.3) is 0 Å². The van der Waals surface area contributed by atoms with Crippen LogP contribution < -0.4 is 0 Å². The number of carbonyl (C=O) groups is 1. The maximum Gasteiger partial charge on any atom is 0.508 e. The minimum Gasteiger partial charge on any atom is -0.434 e. The molecular weight excluding hydrogens is 218 g/mol. The van der Waals surface area contributed by atoms with Gasteiger partial charge in [0, 0.05) is 6.54 Å². The van der Waals surface area contributed by atoms with Crippen molar-refractivity contribution in [3.05, 3.63) is 35.9 Å². The highest BCUT2D eigenvalue weighted by atomic mass is 16.7. The van der Waals surface area contributed by atoms with Crippen molar-refractivity contribution >= 4 is 6.16 Å². The van der Waals surface area contributed by atoms with Gasteiger partial charge in [0.1, 0.15) is 6.61 Å². The van der Waals surface area contributed by atoms with Crippen molar-refractivity contribution in [1.82, 2.24) is 4.90 Å². The molecule has 0 spiro atoms. The predicted molar refractivity (Wildman–Crippen MR) is 65.8 cm³/mol. The van der Waals surface area contributed by atoms with E-state index in [0.717, 1.165) is 18.5 Å². The highest BCUT2D eigenvalue weighted by Crippen LogP contribution is 2.01. The van der Waals surface area contributed by atoms with Crippen LogP contribution >= 0.6 is 0 Å².